The molecule has 1 aliphatic rings. The number of anilines is 1. The van der Waals surface area contributed by atoms with Crippen molar-refractivity contribution in [2.75, 3.05) is 4.90 Å². The molecule has 10 heteroatoms. The van der Waals surface area contributed by atoms with Gasteiger partial charge in [-0.2, -0.15) is 0 Å². The Labute approximate surface area is 260 Å². The minimum Gasteiger partial charge on any atom is -0.503 e. The van der Waals surface area contributed by atoms with Gasteiger partial charge in [0.25, 0.3) is 5.91 Å². The standard InChI is InChI=1S/C34H23N3O5S2/c38-30(27-19-22-12-7-8-17-26(22)42-27)28-29(23-13-9-16-25(18-23)41-24-14-5-2-6-15-24)37(32(40)31(28)39)33-35-36-34(44-33)43-20-21-10-3-1-4-11-21/h1-19,29,39H,20H2/t29-/m1/s1. The molecule has 0 saturated heterocycles. The first-order valence-corrected chi connectivity index (χ1v) is 15.5. The molecule has 216 valence electrons. The summed E-state index contributed by atoms with van der Waals surface area (Å²) in [4.78, 5) is 29.0. The van der Waals surface area contributed by atoms with Crippen molar-refractivity contribution in [3.63, 3.8) is 0 Å². The molecule has 6 aromatic rings. The number of aliphatic hydroxyl groups excluding tert-OH is 1. The third-order valence-electron chi connectivity index (χ3n) is 7.06. The Balaban J connectivity index is 1.27. The van der Waals surface area contributed by atoms with Crippen molar-refractivity contribution in [2.24, 2.45) is 0 Å². The molecule has 7 rings (SSSR count). The van der Waals surface area contributed by atoms with E-state index in [4.69, 9.17) is 9.15 Å². The number of nitrogens with zero attached hydrogens (tertiary/aromatic N) is 3. The predicted molar refractivity (Wildman–Crippen MR) is 169 cm³/mol. The first kappa shape index (κ1) is 27.6. The van der Waals surface area contributed by atoms with Crippen molar-refractivity contribution in [1.82, 2.24) is 10.2 Å². The Hall–Kier alpha value is -5.19. The number of thioether (sulfide) groups is 1. The molecule has 2 aromatic heterocycles. The Kier molecular flexibility index (Phi) is 7.43. The van der Waals surface area contributed by atoms with Gasteiger partial charge in [0.2, 0.25) is 10.9 Å². The van der Waals surface area contributed by atoms with Crippen LogP contribution >= 0.6 is 23.1 Å². The Bertz CT molecular complexity index is 1990. The fraction of sp³-hybridized carbons (Fsp3) is 0.0588. The quantitative estimate of drug-likeness (QED) is 0.0984. The number of benzene rings is 4. The molecule has 0 spiro atoms. The monoisotopic (exact) mass is 617 g/mol. The number of amides is 1. The van der Waals surface area contributed by atoms with Gasteiger partial charge in [0, 0.05) is 11.1 Å². The fourth-order valence-electron chi connectivity index (χ4n) is 5.03. The van der Waals surface area contributed by atoms with E-state index in [0.29, 0.717) is 32.7 Å². The number of aromatic nitrogens is 2. The fourth-order valence-corrected chi connectivity index (χ4v) is 6.85. The summed E-state index contributed by atoms with van der Waals surface area (Å²) in [6, 6.07) is 34.1. The third-order valence-corrected chi connectivity index (χ3v) is 9.19. The molecule has 0 bridgehead atoms. The topological polar surface area (TPSA) is 106 Å². The van der Waals surface area contributed by atoms with E-state index in [1.807, 2.05) is 78.9 Å². The van der Waals surface area contributed by atoms with Crippen molar-refractivity contribution in [3.8, 4) is 11.5 Å². The summed E-state index contributed by atoms with van der Waals surface area (Å²) in [6.45, 7) is 0. The molecule has 1 N–H and O–H groups in total. The lowest BCUT2D eigenvalue weighted by molar-refractivity contribution is -0.117. The van der Waals surface area contributed by atoms with Crippen molar-refractivity contribution in [2.45, 2.75) is 16.1 Å². The van der Waals surface area contributed by atoms with E-state index in [2.05, 4.69) is 10.2 Å². The predicted octanol–water partition coefficient (Wildman–Crippen LogP) is 8.15. The normalized spacial score (nSPS) is 14.9. The van der Waals surface area contributed by atoms with Crippen LogP contribution in [0.1, 0.15) is 27.7 Å². The summed E-state index contributed by atoms with van der Waals surface area (Å²) in [5, 5.41) is 20.8. The van der Waals surface area contributed by atoms with Crippen LogP contribution in [0.4, 0.5) is 5.13 Å². The van der Waals surface area contributed by atoms with Gasteiger partial charge in [-0.1, -0.05) is 102 Å². The van der Waals surface area contributed by atoms with E-state index in [9.17, 15) is 14.7 Å². The van der Waals surface area contributed by atoms with Gasteiger partial charge in [0.05, 0.1) is 11.6 Å². The number of ketones is 1. The van der Waals surface area contributed by atoms with E-state index >= 15 is 0 Å². The molecular formula is C34H23N3O5S2. The lowest BCUT2D eigenvalue weighted by atomic mass is 9.95. The molecule has 1 atom stereocenters. The molecule has 1 amide bonds. The van der Waals surface area contributed by atoms with Crippen LogP contribution < -0.4 is 9.64 Å². The van der Waals surface area contributed by atoms with Gasteiger partial charge in [-0.3, -0.25) is 14.5 Å². The van der Waals surface area contributed by atoms with E-state index in [1.165, 1.54) is 28.0 Å². The van der Waals surface area contributed by atoms with Gasteiger partial charge in [0.15, 0.2) is 15.9 Å². The van der Waals surface area contributed by atoms with Crippen LogP contribution in [0.3, 0.4) is 0 Å². The summed E-state index contributed by atoms with van der Waals surface area (Å²) >= 11 is 2.71. The number of rotatable bonds is 9. The molecular weight excluding hydrogens is 595 g/mol. The maximum Gasteiger partial charge on any atom is 0.296 e. The number of hydrogen-bond donors (Lipinski definition) is 1. The minimum absolute atomic E-state index is 0.0143. The first-order valence-electron chi connectivity index (χ1n) is 13.7. The highest BCUT2D eigenvalue weighted by Crippen LogP contribution is 2.45. The molecule has 0 fully saturated rings. The summed E-state index contributed by atoms with van der Waals surface area (Å²) in [5.41, 5.74) is 2.08. The van der Waals surface area contributed by atoms with Gasteiger partial charge in [-0.05, 0) is 47.5 Å². The third kappa shape index (κ3) is 5.36. The second kappa shape index (κ2) is 11.8. The van der Waals surface area contributed by atoms with Gasteiger partial charge in [0.1, 0.15) is 17.1 Å². The van der Waals surface area contributed by atoms with Crippen LogP contribution in [0.2, 0.25) is 0 Å². The van der Waals surface area contributed by atoms with Gasteiger partial charge >= 0.3 is 0 Å². The highest BCUT2D eigenvalue weighted by atomic mass is 32.2. The Morgan fingerprint density at radius 2 is 1.61 bits per heavy atom. The number of para-hydroxylation sites is 2. The van der Waals surface area contributed by atoms with Crippen molar-refractivity contribution in [3.05, 3.63) is 143 Å². The molecule has 44 heavy (non-hydrogen) atoms. The maximum absolute atomic E-state index is 14.0. The van der Waals surface area contributed by atoms with Gasteiger partial charge < -0.3 is 14.3 Å². The molecule has 0 unspecified atom stereocenters. The Morgan fingerprint density at radius 1 is 0.886 bits per heavy atom. The molecule has 8 nitrogen and oxygen atoms in total. The second-order valence-electron chi connectivity index (χ2n) is 9.93. The number of aliphatic hydroxyl groups is 1. The van der Waals surface area contributed by atoms with Crippen LogP contribution in [0.15, 0.2) is 135 Å². The highest BCUT2D eigenvalue weighted by molar-refractivity contribution is 8.00. The average Bonchev–Trinajstić information content (AvgIpc) is 3.77. The zero-order chi connectivity index (χ0) is 30.0. The number of furan rings is 1. The van der Waals surface area contributed by atoms with Crippen LogP contribution in [0.5, 0.6) is 11.5 Å². The summed E-state index contributed by atoms with van der Waals surface area (Å²) in [7, 11) is 0. The van der Waals surface area contributed by atoms with Crippen LogP contribution in [0.25, 0.3) is 11.0 Å². The van der Waals surface area contributed by atoms with Crippen molar-refractivity contribution >= 4 is 50.9 Å². The lowest BCUT2D eigenvalue weighted by Crippen LogP contribution is -2.31. The van der Waals surface area contributed by atoms with Crippen LogP contribution in [-0.2, 0) is 10.5 Å². The number of carbonyl (C=O) groups excluding carboxylic acids is 2. The molecule has 0 radical (unpaired) electrons. The molecule has 1 aliphatic heterocycles. The van der Waals surface area contributed by atoms with Gasteiger partial charge in [-0.15, -0.1) is 10.2 Å². The zero-order valence-electron chi connectivity index (χ0n) is 23.0. The molecule has 4 aromatic carbocycles. The number of hydrogen-bond acceptors (Lipinski definition) is 9. The molecule has 0 saturated carbocycles. The number of carbonyl (C=O) groups is 2. The Morgan fingerprint density at radius 3 is 2.41 bits per heavy atom. The summed E-state index contributed by atoms with van der Waals surface area (Å²) in [6.07, 6.45) is 0. The average molecular weight is 618 g/mol. The zero-order valence-corrected chi connectivity index (χ0v) is 24.6. The second-order valence-corrected chi connectivity index (χ2v) is 12.1. The van der Waals surface area contributed by atoms with E-state index < -0.39 is 23.5 Å². The minimum atomic E-state index is -1.01. The highest BCUT2D eigenvalue weighted by Gasteiger charge is 2.47. The largest absolute Gasteiger partial charge is 0.503 e. The summed E-state index contributed by atoms with van der Waals surface area (Å²) < 4.78 is 12.6. The molecule has 0 aliphatic carbocycles. The molecule has 3 heterocycles. The van der Waals surface area contributed by atoms with Crippen LogP contribution in [-0.4, -0.2) is 27.0 Å². The van der Waals surface area contributed by atoms with E-state index in [-0.39, 0.29) is 16.5 Å². The van der Waals surface area contributed by atoms with Gasteiger partial charge in [-0.25, -0.2) is 0 Å². The van der Waals surface area contributed by atoms with E-state index in [0.717, 1.165) is 10.9 Å². The first-order chi connectivity index (χ1) is 21.5. The lowest BCUT2D eigenvalue weighted by Gasteiger charge is -2.24. The number of fused-ring (bicyclic) bond motifs is 1. The summed E-state index contributed by atoms with van der Waals surface area (Å²) in [5.74, 6) is -0.198. The van der Waals surface area contributed by atoms with Crippen LogP contribution in [0, 0.1) is 0 Å². The van der Waals surface area contributed by atoms with E-state index in [1.54, 1.807) is 36.4 Å². The maximum atomic E-state index is 14.0. The van der Waals surface area contributed by atoms with Crippen molar-refractivity contribution in [1.29, 1.82) is 0 Å². The number of ether oxygens (including phenoxy) is 1. The van der Waals surface area contributed by atoms with Crippen molar-refractivity contribution < 1.29 is 23.8 Å². The SMILES string of the molecule is O=C(C1=C(O)C(=O)N(c2nnc(SCc3ccccc3)s2)[C@@H]1c1cccc(Oc2ccccc2)c1)c1cc2ccccc2o1. The smallest absolute Gasteiger partial charge is 0.296 e. The number of Topliss-reactive ketones (excluding diaryl/α,β-unsaturated/α-hetero) is 1.